The van der Waals surface area contributed by atoms with Crippen molar-refractivity contribution in [2.24, 2.45) is 11.7 Å². The van der Waals surface area contributed by atoms with Crippen molar-refractivity contribution in [1.82, 2.24) is 5.32 Å². The first-order valence-electron chi connectivity index (χ1n) is 8.61. The highest BCUT2D eigenvalue weighted by Gasteiger charge is 2.22. The first kappa shape index (κ1) is 19.1. The Labute approximate surface area is 149 Å². The van der Waals surface area contributed by atoms with Crippen molar-refractivity contribution in [3.63, 3.8) is 0 Å². The Kier molecular flexibility index (Phi) is 6.26. The molecule has 0 atom stereocenters. The minimum absolute atomic E-state index is 0.159. The third-order valence-electron chi connectivity index (χ3n) is 4.03. The standard InChI is InChI=1S/C20H28N2O3/c1-14(2)11-24-17-7-5-16(6-8-17)20(3,4)13-22-19(23)15-9-18(10-21)25-12-15/h5-9,12,14H,10-11,13,21H2,1-4H3,(H,22,23). The summed E-state index contributed by atoms with van der Waals surface area (Å²) in [5.41, 5.74) is 6.93. The van der Waals surface area contributed by atoms with Crippen LogP contribution >= 0.6 is 0 Å². The maximum absolute atomic E-state index is 12.2. The maximum Gasteiger partial charge on any atom is 0.254 e. The lowest BCUT2D eigenvalue weighted by molar-refractivity contribution is 0.0945. The van der Waals surface area contributed by atoms with Crippen LogP contribution in [0.4, 0.5) is 0 Å². The fraction of sp³-hybridized carbons (Fsp3) is 0.450. The van der Waals surface area contributed by atoms with Crippen LogP contribution in [0.1, 0.15) is 49.4 Å². The monoisotopic (exact) mass is 344 g/mol. The minimum Gasteiger partial charge on any atom is -0.493 e. The van der Waals surface area contributed by atoms with Gasteiger partial charge in [0.05, 0.1) is 18.7 Å². The van der Waals surface area contributed by atoms with Gasteiger partial charge in [-0.15, -0.1) is 0 Å². The Hall–Kier alpha value is -2.27. The van der Waals surface area contributed by atoms with E-state index in [1.807, 2.05) is 24.3 Å². The predicted molar refractivity (Wildman–Crippen MR) is 98.7 cm³/mol. The van der Waals surface area contributed by atoms with E-state index in [0.717, 1.165) is 11.3 Å². The van der Waals surface area contributed by atoms with E-state index in [0.29, 0.717) is 30.4 Å². The number of ether oxygens (including phenoxy) is 1. The zero-order valence-electron chi connectivity index (χ0n) is 15.5. The number of nitrogens with two attached hydrogens (primary N) is 1. The van der Waals surface area contributed by atoms with Crippen molar-refractivity contribution in [2.75, 3.05) is 13.2 Å². The van der Waals surface area contributed by atoms with Gasteiger partial charge in [-0.2, -0.15) is 0 Å². The molecule has 0 saturated carbocycles. The molecule has 3 N–H and O–H groups in total. The van der Waals surface area contributed by atoms with Crippen LogP contribution in [-0.2, 0) is 12.0 Å². The second-order valence-electron chi connectivity index (χ2n) is 7.30. The predicted octanol–water partition coefficient (Wildman–Crippen LogP) is 3.48. The molecule has 136 valence electrons. The minimum atomic E-state index is -0.202. The fourth-order valence-corrected chi connectivity index (χ4v) is 2.38. The number of carbonyl (C=O) groups is 1. The average molecular weight is 344 g/mol. The Balaban J connectivity index is 1.94. The molecule has 0 bridgehead atoms. The highest BCUT2D eigenvalue weighted by molar-refractivity contribution is 5.94. The van der Waals surface area contributed by atoms with E-state index in [2.05, 4.69) is 33.0 Å². The molecule has 25 heavy (non-hydrogen) atoms. The van der Waals surface area contributed by atoms with Gasteiger partial charge in [0.2, 0.25) is 0 Å². The number of nitrogens with one attached hydrogen (secondary N) is 1. The van der Waals surface area contributed by atoms with Gasteiger partial charge in [-0.1, -0.05) is 39.8 Å². The molecule has 0 aliphatic carbocycles. The van der Waals surface area contributed by atoms with Crippen molar-refractivity contribution < 1.29 is 13.9 Å². The number of hydrogen-bond acceptors (Lipinski definition) is 4. The van der Waals surface area contributed by atoms with E-state index in [9.17, 15) is 4.79 Å². The summed E-state index contributed by atoms with van der Waals surface area (Å²) in [6.07, 6.45) is 1.44. The lowest BCUT2D eigenvalue weighted by Crippen LogP contribution is -2.36. The van der Waals surface area contributed by atoms with Crippen LogP contribution in [0.2, 0.25) is 0 Å². The molecule has 1 aromatic carbocycles. The highest BCUT2D eigenvalue weighted by Crippen LogP contribution is 2.25. The topological polar surface area (TPSA) is 77.5 Å². The molecule has 1 aromatic heterocycles. The Morgan fingerprint density at radius 1 is 1.28 bits per heavy atom. The summed E-state index contributed by atoms with van der Waals surface area (Å²) in [6, 6.07) is 9.72. The van der Waals surface area contributed by atoms with Gasteiger partial charge in [-0.05, 0) is 29.7 Å². The van der Waals surface area contributed by atoms with Crippen molar-refractivity contribution in [1.29, 1.82) is 0 Å². The molecule has 0 saturated heterocycles. The Bertz CT molecular complexity index is 687. The Morgan fingerprint density at radius 2 is 1.96 bits per heavy atom. The number of hydrogen-bond donors (Lipinski definition) is 2. The number of benzene rings is 1. The van der Waals surface area contributed by atoms with Crippen molar-refractivity contribution in [3.05, 3.63) is 53.5 Å². The smallest absolute Gasteiger partial charge is 0.254 e. The summed E-state index contributed by atoms with van der Waals surface area (Å²) in [6.45, 7) is 9.93. The van der Waals surface area contributed by atoms with Crippen LogP contribution in [-0.4, -0.2) is 19.1 Å². The van der Waals surface area contributed by atoms with Crippen molar-refractivity contribution in [2.45, 2.75) is 39.7 Å². The largest absolute Gasteiger partial charge is 0.493 e. The van der Waals surface area contributed by atoms with E-state index in [-0.39, 0.29) is 17.9 Å². The van der Waals surface area contributed by atoms with Crippen LogP contribution in [0, 0.1) is 5.92 Å². The van der Waals surface area contributed by atoms with Gasteiger partial charge in [-0.3, -0.25) is 4.79 Å². The molecule has 2 rings (SSSR count). The third kappa shape index (κ3) is 5.36. The normalized spacial score (nSPS) is 11.6. The zero-order chi connectivity index (χ0) is 18.4. The number of amides is 1. The average Bonchev–Trinajstić information content (AvgIpc) is 3.07. The summed E-state index contributed by atoms with van der Waals surface area (Å²) >= 11 is 0. The zero-order valence-corrected chi connectivity index (χ0v) is 15.5. The SMILES string of the molecule is CC(C)COc1ccc(C(C)(C)CNC(=O)c2coc(CN)c2)cc1. The van der Waals surface area contributed by atoms with E-state index in [1.54, 1.807) is 6.07 Å². The molecule has 1 heterocycles. The summed E-state index contributed by atoms with van der Waals surface area (Å²) in [5, 5.41) is 2.96. The van der Waals surface area contributed by atoms with E-state index in [4.69, 9.17) is 14.9 Å². The van der Waals surface area contributed by atoms with E-state index >= 15 is 0 Å². The maximum atomic E-state index is 12.2. The molecule has 0 radical (unpaired) electrons. The molecule has 0 aliphatic rings. The first-order valence-corrected chi connectivity index (χ1v) is 8.61. The van der Waals surface area contributed by atoms with Gasteiger partial charge in [0, 0.05) is 12.0 Å². The van der Waals surface area contributed by atoms with E-state index < -0.39 is 0 Å². The molecular formula is C20H28N2O3. The fourth-order valence-electron chi connectivity index (χ4n) is 2.38. The molecule has 5 heteroatoms. The molecule has 0 spiro atoms. The van der Waals surface area contributed by atoms with Gasteiger partial charge < -0.3 is 20.2 Å². The number of rotatable bonds is 8. The van der Waals surface area contributed by atoms with Gasteiger partial charge in [0.15, 0.2) is 0 Å². The summed E-state index contributed by atoms with van der Waals surface area (Å²) in [7, 11) is 0. The molecular weight excluding hydrogens is 316 g/mol. The summed E-state index contributed by atoms with van der Waals surface area (Å²) < 4.78 is 10.9. The lowest BCUT2D eigenvalue weighted by atomic mass is 9.84. The molecule has 1 amide bonds. The van der Waals surface area contributed by atoms with Crippen LogP contribution in [0.15, 0.2) is 41.0 Å². The van der Waals surface area contributed by atoms with Crippen molar-refractivity contribution in [3.8, 4) is 5.75 Å². The molecule has 5 nitrogen and oxygen atoms in total. The second-order valence-corrected chi connectivity index (χ2v) is 7.30. The van der Waals surface area contributed by atoms with Crippen LogP contribution in [0.5, 0.6) is 5.75 Å². The van der Waals surface area contributed by atoms with Crippen LogP contribution in [0.3, 0.4) is 0 Å². The van der Waals surface area contributed by atoms with Crippen LogP contribution < -0.4 is 15.8 Å². The first-order chi connectivity index (χ1) is 11.8. The Morgan fingerprint density at radius 3 is 2.52 bits per heavy atom. The van der Waals surface area contributed by atoms with Gasteiger partial charge in [-0.25, -0.2) is 0 Å². The summed E-state index contributed by atoms with van der Waals surface area (Å²) in [4.78, 5) is 12.2. The third-order valence-corrected chi connectivity index (χ3v) is 4.03. The number of carbonyl (C=O) groups excluding carboxylic acids is 1. The lowest BCUT2D eigenvalue weighted by Gasteiger charge is -2.26. The van der Waals surface area contributed by atoms with Gasteiger partial charge in [0.1, 0.15) is 17.8 Å². The van der Waals surface area contributed by atoms with Gasteiger partial charge in [0.25, 0.3) is 5.91 Å². The molecule has 0 unspecified atom stereocenters. The highest BCUT2D eigenvalue weighted by atomic mass is 16.5. The number of furan rings is 1. The van der Waals surface area contributed by atoms with Gasteiger partial charge >= 0.3 is 0 Å². The van der Waals surface area contributed by atoms with Crippen LogP contribution in [0.25, 0.3) is 0 Å². The molecule has 0 fully saturated rings. The van der Waals surface area contributed by atoms with Crippen molar-refractivity contribution >= 4 is 5.91 Å². The second kappa shape index (κ2) is 8.21. The molecule has 0 aliphatic heterocycles. The molecule has 2 aromatic rings. The quantitative estimate of drug-likeness (QED) is 0.768. The summed E-state index contributed by atoms with van der Waals surface area (Å²) in [5.74, 6) is 1.80. The van der Waals surface area contributed by atoms with E-state index in [1.165, 1.54) is 6.26 Å².